The molecule has 1 aromatic heterocycles. The van der Waals surface area contributed by atoms with E-state index in [1.54, 1.807) is 11.0 Å². The minimum Gasteiger partial charge on any atom is -0.382 e. The number of benzene rings is 2. The summed E-state index contributed by atoms with van der Waals surface area (Å²) in [6.07, 6.45) is -0.0425. The number of carbonyl (C=O) groups is 1. The molecule has 1 amide bonds. The fourth-order valence-corrected chi connectivity index (χ4v) is 4.43. The lowest BCUT2D eigenvalue weighted by Gasteiger charge is -2.38. The molecule has 0 aliphatic carbocycles. The summed E-state index contributed by atoms with van der Waals surface area (Å²) in [5.74, 6) is -4.47. The van der Waals surface area contributed by atoms with E-state index in [1.165, 1.54) is 12.3 Å². The van der Waals surface area contributed by atoms with Crippen molar-refractivity contribution in [3.8, 4) is 0 Å². The number of aryl methyl sites for hydroxylation is 1. The fourth-order valence-electron chi connectivity index (χ4n) is 4.20. The number of hydrogen-bond acceptors (Lipinski definition) is 3. The summed E-state index contributed by atoms with van der Waals surface area (Å²) in [6.45, 7) is 2.46. The van der Waals surface area contributed by atoms with Gasteiger partial charge in [-0.1, -0.05) is 41.4 Å². The monoisotopic (exact) mass is 447 g/mol. The van der Waals surface area contributed by atoms with E-state index >= 15 is 8.78 Å². The number of aromatic nitrogens is 2. The molecule has 1 aliphatic rings. The van der Waals surface area contributed by atoms with Gasteiger partial charge in [0.25, 0.3) is 5.92 Å². The normalized spacial score (nSPS) is 16.6. The van der Waals surface area contributed by atoms with Crippen LogP contribution >= 0.6 is 11.6 Å². The van der Waals surface area contributed by atoms with Crippen LogP contribution in [0.1, 0.15) is 35.6 Å². The molecule has 0 bridgehead atoms. The molecule has 1 fully saturated rings. The largest absolute Gasteiger partial charge is 0.382 e. The molecule has 5 nitrogen and oxygen atoms in total. The first-order chi connectivity index (χ1) is 14.8. The number of piperidine rings is 1. The van der Waals surface area contributed by atoms with E-state index in [0.717, 1.165) is 11.1 Å². The second kappa shape index (κ2) is 8.55. The molecule has 2 N–H and O–H groups in total. The fraction of sp³-hybridized carbons (Fsp3) is 0.391. The van der Waals surface area contributed by atoms with Gasteiger partial charge >= 0.3 is 0 Å². The van der Waals surface area contributed by atoms with Gasteiger partial charge < -0.3 is 10.0 Å². The van der Waals surface area contributed by atoms with Crippen molar-refractivity contribution in [2.45, 2.75) is 38.2 Å². The molecule has 1 aliphatic heterocycles. The summed E-state index contributed by atoms with van der Waals surface area (Å²) in [6, 6.07) is 10.7. The summed E-state index contributed by atoms with van der Waals surface area (Å²) < 4.78 is 30.5. The highest BCUT2D eigenvalue weighted by Gasteiger charge is 2.48. The van der Waals surface area contributed by atoms with Gasteiger partial charge in [-0.25, -0.2) is 8.78 Å². The maximum atomic E-state index is 15.2. The highest BCUT2D eigenvalue weighted by atomic mass is 35.5. The van der Waals surface area contributed by atoms with Gasteiger partial charge in [0.15, 0.2) is 0 Å². The number of likely N-dealkylation sites (tertiary alicyclic amines) is 1. The predicted octanol–water partition coefficient (Wildman–Crippen LogP) is 4.67. The van der Waals surface area contributed by atoms with Crippen LogP contribution in [0.3, 0.4) is 0 Å². The van der Waals surface area contributed by atoms with Crippen molar-refractivity contribution in [1.29, 1.82) is 0 Å². The van der Waals surface area contributed by atoms with Crippen LogP contribution < -0.4 is 0 Å². The van der Waals surface area contributed by atoms with Crippen LogP contribution in [-0.2, 0) is 11.2 Å². The third-order valence-corrected chi connectivity index (χ3v) is 6.29. The lowest BCUT2D eigenvalue weighted by Crippen LogP contribution is -2.45. The average Bonchev–Trinajstić information content (AvgIpc) is 3.22. The summed E-state index contributed by atoms with van der Waals surface area (Å²) >= 11 is 6.05. The molecule has 31 heavy (non-hydrogen) atoms. The first-order valence-electron chi connectivity index (χ1n) is 10.3. The Balaban J connectivity index is 1.42. The third-order valence-electron chi connectivity index (χ3n) is 6.07. The number of halogens is 3. The Labute approximate surface area is 184 Å². The van der Waals surface area contributed by atoms with Crippen molar-refractivity contribution < 1.29 is 18.7 Å². The first kappa shape index (κ1) is 21.7. The summed E-state index contributed by atoms with van der Waals surface area (Å²) in [4.78, 5) is 14.2. The number of aliphatic hydroxyl groups excluding tert-OH is 1. The Bertz CT molecular complexity index is 1080. The molecule has 2 heterocycles. The second-order valence-corrected chi connectivity index (χ2v) is 8.66. The quantitative estimate of drug-likeness (QED) is 0.597. The van der Waals surface area contributed by atoms with Gasteiger partial charge in [0.05, 0.1) is 18.1 Å². The lowest BCUT2D eigenvalue weighted by atomic mass is 9.84. The highest BCUT2D eigenvalue weighted by Crippen LogP contribution is 2.44. The zero-order valence-corrected chi connectivity index (χ0v) is 17.9. The number of aliphatic hydroxyl groups is 1. The molecule has 0 radical (unpaired) electrons. The van der Waals surface area contributed by atoms with Crippen LogP contribution in [0, 0.1) is 12.8 Å². The molecule has 0 saturated carbocycles. The van der Waals surface area contributed by atoms with E-state index in [9.17, 15) is 9.90 Å². The van der Waals surface area contributed by atoms with Gasteiger partial charge in [0, 0.05) is 35.0 Å². The molecule has 1 atom stereocenters. The minimum atomic E-state index is -3.37. The summed E-state index contributed by atoms with van der Waals surface area (Å²) in [7, 11) is 0. The van der Waals surface area contributed by atoms with Crippen molar-refractivity contribution in [2.75, 3.05) is 13.1 Å². The number of rotatable bonds is 5. The van der Waals surface area contributed by atoms with Gasteiger partial charge in [-0.3, -0.25) is 9.89 Å². The molecule has 0 spiro atoms. The summed E-state index contributed by atoms with van der Waals surface area (Å²) in [5.41, 5.74) is 2.40. The Morgan fingerprint density at radius 3 is 2.65 bits per heavy atom. The van der Waals surface area contributed by atoms with Crippen LogP contribution in [0.25, 0.3) is 10.9 Å². The van der Waals surface area contributed by atoms with Gasteiger partial charge in [0.2, 0.25) is 5.91 Å². The number of hydrogen-bond donors (Lipinski definition) is 2. The molecule has 3 aromatic rings. The lowest BCUT2D eigenvalue weighted by molar-refractivity contribution is -0.164. The molecule has 2 aromatic carbocycles. The van der Waals surface area contributed by atoms with Gasteiger partial charge in [-0.05, 0) is 37.5 Å². The van der Waals surface area contributed by atoms with E-state index in [1.807, 2.05) is 31.2 Å². The molecular formula is C23H24ClF2N3O2. The SMILES string of the molecule is Cc1ccc(CC(=O)N2CCC(C(F)(F)C(O)c3cc(Cl)cc4cn[nH]c34)CC2)cc1. The number of fused-ring (bicyclic) bond motifs is 1. The van der Waals surface area contributed by atoms with Crippen LogP contribution in [0.15, 0.2) is 42.6 Å². The topological polar surface area (TPSA) is 69.2 Å². The molecule has 4 rings (SSSR count). The smallest absolute Gasteiger partial charge is 0.280 e. The van der Waals surface area contributed by atoms with E-state index < -0.39 is 17.9 Å². The van der Waals surface area contributed by atoms with Gasteiger partial charge in [-0.2, -0.15) is 5.10 Å². The molecule has 164 valence electrons. The van der Waals surface area contributed by atoms with Crippen molar-refractivity contribution in [3.05, 3.63) is 64.3 Å². The predicted molar refractivity (Wildman–Crippen MR) is 115 cm³/mol. The Hall–Kier alpha value is -2.51. The van der Waals surface area contributed by atoms with Crippen LogP contribution in [-0.4, -0.2) is 45.1 Å². The number of H-pyrrole nitrogens is 1. The molecular weight excluding hydrogens is 424 g/mol. The van der Waals surface area contributed by atoms with Crippen molar-refractivity contribution in [3.63, 3.8) is 0 Å². The van der Waals surface area contributed by atoms with Crippen molar-refractivity contribution >= 4 is 28.4 Å². The van der Waals surface area contributed by atoms with E-state index in [4.69, 9.17) is 11.6 Å². The van der Waals surface area contributed by atoms with Crippen LogP contribution in [0.2, 0.25) is 5.02 Å². The summed E-state index contributed by atoms with van der Waals surface area (Å²) in [5, 5.41) is 17.9. The van der Waals surface area contributed by atoms with E-state index in [-0.39, 0.29) is 48.8 Å². The Morgan fingerprint density at radius 2 is 1.97 bits per heavy atom. The van der Waals surface area contributed by atoms with Crippen molar-refractivity contribution in [2.24, 2.45) is 5.92 Å². The number of amides is 1. The Morgan fingerprint density at radius 1 is 1.29 bits per heavy atom. The van der Waals surface area contributed by atoms with Crippen LogP contribution in [0.5, 0.6) is 0 Å². The zero-order chi connectivity index (χ0) is 22.2. The average molecular weight is 448 g/mol. The number of nitrogens with zero attached hydrogens (tertiary/aromatic N) is 2. The number of nitrogens with one attached hydrogen (secondary N) is 1. The molecule has 1 unspecified atom stereocenters. The van der Waals surface area contributed by atoms with Gasteiger partial charge in [-0.15, -0.1) is 0 Å². The second-order valence-electron chi connectivity index (χ2n) is 8.22. The third kappa shape index (κ3) is 4.43. The first-order valence-corrected chi connectivity index (χ1v) is 10.6. The molecule has 1 saturated heterocycles. The number of alkyl halides is 2. The van der Waals surface area contributed by atoms with E-state index in [0.29, 0.717) is 10.9 Å². The standard InChI is InChI=1S/C23H24ClF2N3O2/c1-14-2-4-15(5-3-14)10-20(30)29-8-6-17(7-9-29)23(25,26)22(31)19-12-18(24)11-16-13-27-28-21(16)19/h2-5,11-13,17,22,31H,6-10H2,1H3,(H,27,28). The maximum absolute atomic E-state index is 15.2. The van der Waals surface area contributed by atoms with Gasteiger partial charge in [0.1, 0.15) is 6.10 Å². The Kier molecular flexibility index (Phi) is 5.99. The van der Waals surface area contributed by atoms with E-state index in [2.05, 4.69) is 10.2 Å². The zero-order valence-electron chi connectivity index (χ0n) is 17.1. The highest BCUT2D eigenvalue weighted by molar-refractivity contribution is 6.31. The molecule has 8 heteroatoms. The van der Waals surface area contributed by atoms with Crippen LogP contribution in [0.4, 0.5) is 8.78 Å². The number of carbonyl (C=O) groups excluding carboxylic acids is 1. The van der Waals surface area contributed by atoms with Crippen molar-refractivity contribution in [1.82, 2.24) is 15.1 Å². The maximum Gasteiger partial charge on any atom is 0.280 e. The number of aromatic amines is 1. The minimum absolute atomic E-state index is 0.0304.